The number of nitrogens with one attached hydrogen (secondary N) is 3. The molecule has 5 heteroatoms. The summed E-state index contributed by atoms with van der Waals surface area (Å²) in [5.41, 5.74) is 6.69. The molecule has 0 amide bonds. The van der Waals surface area contributed by atoms with Crippen molar-refractivity contribution >= 4 is 16.6 Å². The number of aromatic nitrogens is 4. The quantitative estimate of drug-likeness (QED) is 0.536. The van der Waals surface area contributed by atoms with E-state index in [9.17, 15) is 0 Å². The van der Waals surface area contributed by atoms with Gasteiger partial charge >= 0.3 is 0 Å². The van der Waals surface area contributed by atoms with E-state index in [4.69, 9.17) is 0 Å². The molecule has 2 aromatic carbocycles. The summed E-state index contributed by atoms with van der Waals surface area (Å²) < 4.78 is 0. The van der Waals surface area contributed by atoms with E-state index in [1.54, 1.807) is 0 Å². The molecule has 0 fully saturated rings. The van der Waals surface area contributed by atoms with Crippen molar-refractivity contribution in [2.75, 3.05) is 5.32 Å². The van der Waals surface area contributed by atoms with E-state index in [2.05, 4.69) is 56.9 Å². The van der Waals surface area contributed by atoms with Gasteiger partial charge in [0.2, 0.25) is 0 Å². The molecule has 0 aliphatic rings. The van der Waals surface area contributed by atoms with E-state index in [0.29, 0.717) is 6.54 Å². The Labute approximate surface area is 133 Å². The molecule has 4 rings (SSSR count). The predicted molar refractivity (Wildman–Crippen MR) is 92.2 cm³/mol. The van der Waals surface area contributed by atoms with Crippen LogP contribution in [0.5, 0.6) is 0 Å². The zero-order chi connectivity index (χ0) is 15.6. The molecule has 23 heavy (non-hydrogen) atoms. The number of hydrogen-bond donors (Lipinski definition) is 3. The van der Waals surface area contributed by atoms with Crippen LogP contribution in [0.25, 0.3) is 22.2 Å². The molecule has 3 N–H and O–H groups in total. The van der Waals surface area contributed by atoms with Gasteiger partial charge in [-0.25, -0.2) is 0 Å². The molecule has 0 unspecified atom stereocenters. The number of hydrogen-bond acceptors (Lipinski definition) is 3. The summed E-state index contributed by atoms with van der Waals surface area (Å²) in [6.07, 6.45) is 3.72. The van der Waals surface area contributed by atoms with E-state index >= 15 is 0 Å². The first-order valence-corrected chi connectivity index (χ1v) is 7.56. The highest BCUT2D eigenvalue weighted by Gasteiger charge is 2.08. The first kappa shape index (κ1) is 13.6. The molecule has 2 heterocycles. The van der Waals surface area contributed by atoms with Crippen LogP contribution in [-0.4, -0.2) is 20.4 Å². The number of aryl methyl sites for hydroxylation is 1. The lowest BCUT2D eigenvalue weighted by atomic mass is 10.1. The fourth-order valence-electron chi connectivity index (χ4n) is 2.78. The first-order valence-electron chi connectivity index (χ1n) is 7.56. The summed E-state index contributed by atoms with van der Waals surface area (Å²) in [5.74, 6) is 0. The lowest BCUT2D eigenvalue weighted by Gasteiger charge is -2.10. The van der Waals surface area contributed by atoms with E-state index in [1.807, 2.05) is 30.6 Å². The summed E-state index contributed by atoms with van der Waals surface area (Å²) in [6.45, 7) is 2.81. The molecule has 0 aliphatic carbocycles. The Morgan fingerprint density at radius 2 is 1.83 bits per heavy atom. The molecule has 2 aromatic heterocycles. The molecule has 0 spiro atoms. The predicted octanol–water partition coefficient (Wildman–Crippen LogP) is 3.87. The Kier molecular flexibility index (Phi) is 3.31. The maximum atomic E-state index is 4.19. The fraction of sp³-hybridized carbons (Fsp3) is 0.111. The third-order valence-corrected chi connectivity index (χ3v) is 4.03. The third kappa shape index (κ3) is 2.57. The van der Waals surface area contributed by atoms with Crippen LogP contribution in [0.4, 0.5) is 5.69 Å². The van der Waals surface area contributed by atoms with Gasteiger partial charge in [-0.1, -0.05) is 30.3 Å². The van der Waals surface area contributed by atoms with Crippen molar-refractivity contribution in [3.63, 3.8) is 0 Å². The molecule has 0 saturated heterocycles. The van der Waals surface area contributed by atoms with Crippen LogP contribution in [0, 0.1) is 6.92 Å². The maximum Gasteiger partial charge on any atom is 0.0700 e. The zero-order valence-electron chi connectivity index (χ0n) is 12.8. The average molecular weight is 303 g/mol. The van der Waals surface area contributed by atoms with Crippen LogP contribution < -0.4 is 5.32 Å². The molecule has 4 aromatic rings. The maximum absolute atomic E-state index is 4.19. The summed E-state index contributed by atoms with van der Waals surface area (Å²) in [6, 6.07) is 14.5. The Morgan fingerprint density at radius 3 is 2.70 bits per heavy atom. The number of fused-ring (bicyclic) bond motifs is 1. The average Bonchev–Trinajstić information content (AvgIpc) is 3.22. The van der Waals surface area contributed by atoms with Crippen molar-refractivity contribution in [3.8, 4) is 11.3 Å². The number of benzene rings is 2. The lowest BCUT2D eigenvalue weighted by molar-refractivity contribution is 1.10. The first-order chi connectivity index (χ1) is 11.3. The Bertz CT molecular complexity index is 936. The number of rotatable bonds is 4. The second kappa shape index (κ2) is 5.61. The summed E-state index contributed by atoms with van der Waals surface area (Å²) in [4.78, 5) is 0. The van der Waals surface area contributed by atoms with E-state index in [0.717, 1.165) is 33.4 Å². The minimum Gasteiger partial charge on any atom is -0.381 e. The second-order valence-corrected chi connectivity index (χ2v) is 5.61. The summed E-state index contributed by atoms with van der Waals surface area (Å²) >= 11 is 0. The van der Waals surface area contributed by atoms with Gasteiger partial charge in [0.15, 0.2) is 0 Å². The molecule has 114 valence electrons. The minimum atomic E-state index is 0.713. The van der Waals surface area contributed by atoms with Crippen LogP contribution >= 0.6 is 0 Å². The molecule has 0 saturated carbocycles. The number of aromatic amines is 2. The third-order valence-electron chi connectivity index (χ3n) is 4.03. The van der Waals surface area contributed by atoms with Crippen LogP contribution in [0.2, 0.25) is 0 Å². The lowest BCUT2D eigenvalue weighted by Crippen LogP contribution is -2.01. The molecule has 0 radical (unpaired) electrons. The molecular formula is C18H17N5. The Morgan fingerprint density at radius 1 is 1.00 bits per heavy atom. The van der Waals surface area contributed by atoms with Crippen LogP contribution in [0.1, 0.15) is 11.1 Å². The number of anilines is 1. The molecule has 0 bridgehead atoms. The van der Waals surface area contributed by atoms with Crippen molar-refractivity contribution in [1.82, 2.24) is 20.4 Å². The SMILES string of the molecule is Cc1cc2[nH]ncc2cc1NCc1cn[nH]c1-c1ccccc1. The topological polar surface area (TPSA) is 69.4 Å². The summed E-state index contributed by atoms with van der Waals surface area (Å²) in [5, 5.41) is 19.0. The second-order valence-electron chi connectivity index (χ2n) is 5.61. The van der Waals surface area contributed by atoms with Gasteiger partial charge in [-0.3, -0.25) is 10.2 Å². The highest BCUT2D eigenvalue weighted by atomic mass is 15.1. The number of H-pyrrole nitrogens is 2. The van der Waals surface area contributed by atoms with Gasteiger partial charge in [0.1, 0.15) is 0 Å². The van der Waals surface area contributed by atoms with Gasteiger partial charge in [0.05, 0.1) is 23.6 Å². The van der Waals surface area contributed by atoms with Crippen LogP contribution in [0.3, 0.4) is 0 Å². The van der Waals surface area contributed by atoms with Crippen LogP contribution in [0.15, 0.2) is 54.9 Å². The normalized spacial score (nSPS) is 11.0. The fourth-order valence-corrected chi connectivity index (χ4v) is 2.78. The van der Waals surface area contributed by atoms with E-state index in [1.165, 1.54) is 5.56 Å². The highest BCUT2D eigenvalue weighted by Crippen LogP contribution is 2.25. The van der Waals surface area contributed by atoms with Gasteiger partial charge in [-0.05, 0) is 30.2 Å². The van der Waals surface area contributed by atoms with Gasteiger partial charge in [0, 0.05) is 23.2 Å². The monoisotopic (exact) mass is 303 g/mol. The number of nitrogens with zero attached hydrogens (tertiary/aromatic N) is 2. The van der Waals surface area contributed by atoms with Gasteiger partial charge in [0.25, 0.3) is 0 Å². The molecule has 0 atom stereocenters. The molecule has 5 nitrogen and oxygen atoms in total. The Balaban J connectivity index is 1.59. The van der Waals surface area contributed by atoms with Crippen molar-refractivity contribution in [3.05, 3.63) is 66.0 Å². The molecule has 0 aliphatic heterocycles. The van der Waals surface area contributed by atoms with E-state index < -0.39 is 0 Å². The largest absolute Gasteiger partial charge is 0.381 e. The van der Waals surface area contributed by atoms with Crippen LogP contribution in [-0.2, 0) is 6.54 Å². The van der Waals surface area contributed by atoms with Gasteiger partial charge in [-0.2, -0.15) is 10.2 Å². The highest BCUT2D eigenvalue weighted by molar-refractivity contribution is 5.83. The van der Waals surface area contributed by atoms with E-state index in [-0.39, 0.29) is 0 Å². The van der Waals surface area contributed by atoms with Gasteiger partial charge in [-0.15, -0.1) is 0 Å². The molecular weight excluding hydrogens is 286 g/mol. The zero-order valence-corrected chi connectivity index (χ0v) is 12.8. The van der Waals surface area contributed by atoms with Crippen molar-refractivity contribution in [2.45, 2.75) is 13.5 Å². The van der Waals surface area contributed by atoms with Crippen molar-refractivity contribution in [1.29, 1.82) is 0 Å². The minimum absolute atomic E-state index is 0.713. The van der Waals surface area contributed by atoms with Crippen molar-refractivity contribution < 1.29 is 0 Å². The van der Waals surface area contributed by atoms with Crippen molar-refractivity contribution in [2.24, 2.45) is 0 Å². The van der Waals surface area contributed by atoms with Gasteiger partial charge < -0.3 is 5.32 Å². The smallest absolute Gasteiger partial charge is 0.0700 e. The Hall–Kier alpha value is -3.08. The summed E-state index contributed by atoms with van der Waals surface area (Å²) in [7, 11) is 0. The standard InChI is InChI=1S/C18H17N5/c1-12-7-17-14(10-20-22-17)8-16(12)19-9-15-11-21-23-18(15)13-5-3-2-4-6-13/h2-8,10-11,19H,9H2,1H3,(H,20,22)(H,21,23).